The molecule has 0 radical (unpaired) electrons. The quantitative estimate of drug-likeness (QED) is 0.829. The number of hydrogen-bond acceptors (Lipinski definition) is 1. The minimum atomic E-state index is -4.32. The number of rotatable bonds is 3. The Hall–Kier alpha value is -0.100. The van der Waals surface area contributed by atoms with Crippen LogP contribution in [0.3, 0.4) is 0 Å². The largest absolute Gasteiger partial charge is 0.395 e. The van der Waals surface area contributed by atoms with Gasteiger partial charge in [-0.15, -0.1) is 0 Å². The first-order valence-corrected chi connectivity index (χ1v) is 6.20. The minimum Gasteiger partial charge on any atom is -0.242 e. The Morgan fingerprint density at radius 3 is 1.69 bits per heavy atom. The molecule has 1 unspecified atom stereocenters. The Kier molecular flexibility index (Phi) is 4.61. The van der Waals surface area contributed by atoms with Gasteiger partial charge in [0.1, 0.15) is 0 Å². The lowest BCUT2D eigenvalue weighted by Crippen LogP contribution is -2.51. The van der Waals surface area contributed by atoms with Crippen molar-refractivity contribution in [2.24, 2.45) is 5.41 Å². The predicted molar refractivity (Wildman–Crippen MR) is 60.3 cm³/mol. The number of nitrogens with one attached hydrogen (secondary N) is 1. The fourth-order valence-corrected chi connectivity index (χ4v) is 1.70. The van der Waals surface area contributed by atoms with Crippen LogP contribution in [0.2, 0.25) is 0 Å². The van der Waals surface area contributed by atoms with Crippen LogP contribution in [0.15, 0.2) is 0 Å². The Balaban J connectivity index is 4.73. The van der Waals surface area contributed by atoms with E-state index in [1.807, 2.05) is 0 Å². The van der Waals surface area contributed by atoms with Crippen LogP contribution in [0.25, 0.3) is 0 Å². The van der Waals surface area contributed by atoms with Crippen LogP contribution in [-0.2, 0) is 11.0 Å². The van der Waals surface area contributed by atoms with Crippen LogP contribution in [0.1, 0.15) is 41.5 Å². The van der Waals surface area contributed by atoms with E-state index in [-0.39, 0.29) is 0 Å². The molecule has 0 aromatic rings. The maximum absolute atomic E-state index is 12.7. The lowest BCUT2D eigenvalue weighted by molar-refractivity contribution is -0.218. The summed E-state index contributed by atoms with van der Waals surface area (Å²) in [5.41, 5.74) is -1.91. The molecule has 98 valence electrons. The van der Waals surface area contributed by atoms with Gasteiger partial charge in [-0.25, -0.2) is 8.93 Å². The molecule has 0 bridgehead atoms. The molecule has 0 aliphatic heterocycles. The van der Waals surface area contributed by atoms with E-state index in [0.717, 1.165) is 13.8 Å². The Labute approximate surface area is 97.6 Å². The van der Waals surface area contributed by atoms with E-state index in [1.165, 1.54) is 6.92 Å². The summed E-state index contributed by atoms with van der Waals surface area (Å²) in [5, 5.41) is 0. The first-order chi connectivity index (χ1) is 6.80. The van der Waals surface area contributed by atoms with E-state index in [1.54, 1.807) is 20.8 Å². The fourth-order valence-electron chi connectivity index (χ4n) is 0.730. The maximum atomic E-state index is 12.7. The molecule has 0 saturated carbocycles. The summed E-state index contributed by atoms with van der Waals surface area (Å²) >= 11 is 0. The molecule has 2 atom stereocenters. The molecule has 16 heavy (non-hydrogen) atoms. The van der Waals surface area contributed by atoms with Crippen molar-refractivity contribution in [3.8, 4) is 0 Å². The summed E-state index contributed by atoms with van der Waals surface area (Å²) < 4.78 is 51.7. The third-order valence-electron chi connectivity index (χ3n) is 2.65. The van der Waals surface area contributed by atoms with Crippen molar-refractivity contribution in [3.05, 3.63) is 0 Å². The van der Waals surface area contributed by atoms with Gasteiger partial charge in [0, 0.05) is 6.04 Å². The highest BCUT2D eigenvalue weighted by atomic mass is 32.2. The van der Waals surface area contributed by atoms with Gasteiger partial charge in [0.15, 0.2) is 0 Å². The second-order valence-corrected chi connectivity index (χ2v) is 7.44. The average molecular weight is 259 g/mol. The molecule has 0 saturated heterocycles. The van der Waals surface area contributed by atoms with Gasteiger partial charge in [-0.1, -0.05) is 0 Å². The molecule has 0 aliphatic rings. The first-order valence-electron chi connectivity index (χ1n) is 5.05. The van der Waals surface area contributed by atoms with Crippen LogP contribution in [0.4, 0.5) is 13.2 Å². The topological polar surface area (TPSA) is 29.1 Å². The van der Waals surface area contributed by atoms with Crippen LogP contribution >= 0.6 is 0 Å². The van der Waals surface area contributed by atoms with Crippen LogP contribution in [0, 0.1) is 5.41 Å². The summed E-state index contributed by atoms with van der Waals surface area (Å²) in [4.78, 5) is 0. The third-order valence-corrected chi connectivity index (χ3v) is 4.33. The van der Waals surface area contributed by atoms with Gasteiger partial charge in [-0.3, -0.25) is 0 Å². The first kappa shape index (κ1) is 15.9. The molecule has 0 fully saturated rings. The van der Waals surface area contributed by atoms with Crippen molar-refractivity contribution in [3.63, 3.8) is 0 Å². The van der Waals surface area contributed by atoms with Gasteiger partial charge in [0.25, 0.3) is 0 Å². The molecule has 0 rings (SSSR count). The monoisotopic (exact) mass is 259 g/mol. The van der Waals surface area contributed by atoms with Crippen molar-refractivity contribution >= 4 is 11.0 Å². The van der Waals surface area contributed by atoms with Crippen LogP contribution in [-0.4, -0.2) is 21.2 Å². The normalized spacial score (nSPS) is 18.3. The Morgan fingerprint density at radius 2 is 1.44 bits per heavy atom. The van der Waals surface area contributed by atoms with Crippen LogP contribution < -0.4 is 4.72 Å². The van der Waals surface area contributed by atoms with Gasteiger partial charge in [-0.2, -0.15) is 13.2 Å². The highest BCUT2D eigenvalue weighted by molar-refractivity contribution is 7.84. The average Bonchev–Trinajstić information content (AvgIpc) is 1.99. The Morgan fingerprint density at radius 1 is 1.06 bits per heavy atom. The number of halogens is 3. The molecular weight excluding hydrogens is 239 g/mol. The molecule has 0 heterocycles. The maximum Gasteiger partial charge on any atom is 0.395 e. The van der Waals surface area contributed by atoms with E-state index < -0.39 is 33.4 Å². The van der Waals surface area contributed by atoms with Crippen molar-refractivity contribution in [1.82, 2.24) is 4.72 Å². The van der Waals surface area contributed by atoms with Gasteiger partial charge in [-0.05, 0) is 41.5 Å². The SMILES string of the molecule is CC(N[S@@](=O)C(C)(C)C)C(C)(C)C(F)(F)F. The molecule has 0 aliphatic carbocycles. The van der Waals surface area contributed by atoms with Crippen molar-refractivity contribution in [2.75, 3.05) is 0 Å². The van der Waals surface area contributed by atoms with E-state index in [9.17, 15) is 17.4 Å². The summed E-state index contributed by atoms with van der Waals surface area (Å²) in [6, 6.07) is -0.910. The van der Waals surface area contributed by atoms with E-state index in [2.05, 4.69) is 4.72 Å². The fraction of sp³-hybridized carbons (Fsp3) is 1.00. The highest BCUT2D eigenvalue weighted by Gasteiger charge is 2.51. The summed E-state index contributed by atoms with van der Waals surface area (Å²) in [6.07, 6.45) is -4.32. The second kappa shape index (κ2) is 4.64. The minimum absolute atomic E-state index is 0.573. The lowest BCUT2D eigenvalue weighted by atomic mass is 9.85. The second-order valence-electron chi connectivity index (χ2n) is 5.44. The smallest absolute Gasteiger partial charge is 0.242 e. The zero-order valence-corrected chi connectivity index (χ0v) is 11.3. The van der Waals surface area contributed by atoms with Gasteiger partial charge in [0.2, 0.25) is 0 Å². The van der Waals surface area contributed by atoms with Crippen molar-refractivity contribution < 1.29 is 17.4 Å². The Bertz CT molecular complexity index is 268. The van der Waals surface area contributed by atoms with Gasteiger partial charge in [0.05, 0.1) is 21.1 Å². The van der Waals surface area contributed by atoms with E-state index in [0.29, 0.717) is 0 Å². The standard InChI is InChI=1S/C10H20F3NOS/c1-7(9(5,6)10(11,12)13)14-16(15)8(2,3)4/h7,14H,1-6H3/t7?,16-/m0/s1. The van der Waals surface area contributed by atoms with E-state index >= 15 is 0 Å². The predicted octanol–water partition coefficient (Wildman–Crippen LogP) is 3.02. The van der Waals surface area contributed by atoms with Crippen LogP contribution in [0.5, 0.6) is 0 Å². The lowest BCUT2D eigenvalue weighted by Gasteiger charge is -2.35. The van der Waals surface area contributed by atoms with Gasteiger partial charge < -0.3 is 0 Å². The highest BCUT2D eigenvalue weighted by Crippen LogP contribution is 2.40. The molecule has 0 aromatic carbocycles. The van der Waals surface area contributed by atoms with E-state index in [4.69, 9.17) is 0 Å². The number of alkyl halides is 3. The molecule has 0 spiro atoms. The van der Waals surface area contributed by atoms with Crippen molar-refractivity contribution in [1.29, 1.82) is 0 Å². The van der Waals surface area contributed by atoms with Crippen molar-refractivity contribution in [2.45, 2.75) is 58.5 Å². The number of hydrogen-bond donors (Lipinski definition) is 1. The zero-order chi connectivity index (χ0) is 13.4. The summed E-state index contributed by atoms with van der Waals surface area (Å²) in [6.45, 7) is 8.74. The molecule has 0 aromatic heterocycles. The molecular formula is C10H20F3NOS. The summed E-state index contributed by atoms with van der Waals surface area (Å²) in [5.74, 6) is 0. The molecule has 1 N–H and O–H groups in total. The third kappa shape index (κ3) is 3.73. The van der Waals surface area contributed by atoms with Gasteiger partial charge >= 0.3 is 6.18 Å². The molecule has 6 heteroatoms. The molecule has 2 nitrogen and oxygen atoms in total. The molecule has 0 amide bonds. The summed E-state index contributed by atoms with van der Waals surface area (Å²) in [7, 11) is -1.50. The zero-order valence-electron chi connectivity index (χ0n) is 10.5.